The molecule has 0 bridgehead atoms. The van der Waals surface area contributed by atoms with Crippen LogP contribution in [-0.4, -0.2) is 23.3 Å². The summed E-state index contributed by atoms with van der Waals surface area (Å²) >= 11 is 3.72. The fourth-order valence-corrected chi connectivity index (χ4v) is 3.25. The first-order chi connectivity index (χ1) is 7.72. The van der Waals surface area contributed by atoms with Crippen molar-refractivity contribution in [2.45, 2.75) is 23.5 Å². The van der Waals surface area contributed by atoms with E-state index in [4.69, 9.17) is 5.73 Å². The van der Waals surface area contributed by atoms with Gasteiger partial charge in [0.15, 0.2) is 0 Å². The number of thioether (sulfide) groups is 2. The standard InChI is InChI=1S/C12H18FNS2/c1-10(6-7-14)15-8-9-16-12-4-2-11(13)3-5-12/h2-5,10H,6-9,14H2,1H3. The Morgan fingerprint density at radius 2 is 1.94 bits per heavy atom. The van der Waals surface area contributed by atoms with E-state index in [1.54, 1.807) is 11.8 Å². The summed E-state index contributed by atoms with van der Waals surface area (Å²) in [5.41, 5.74) is 5.48. The molecule has 0 aliphatic carbocycles. The summed E-state index contributed by atoms with van der Waals surface area (Å²) in [6.07, 6.45) is 1.08. The zero-order valence-electron chi connectivity index (χ0n) is 9.49. The minimum absolute atomic E-state index is 0.171. The molecule has 1 atom stereocenters. The van der Waals surface area contributed by atoms with Gasteiger partial charge in [0.1, 0.15) is 5.82 Å². The monoisotopic (exact) mass is 259 g/mol. The van der Waals surface area contributed by atoms with Gasteiger partial charge in [0, 0.05) is 21.7 Å². The SMILES string of the molecule is CC(CCN)SCCSc1ccc(F)cc1. The summed E-state index contributed by atoms with van der Waals surface area (Å²) in [7, 11) is 0. The van der Waals surface area contributed by atoms with E-state index >= 15 is 0 Å². The van der Waals surface area contributed by atoms with Gasteiger partial charge < -0.3 is 5.73 Å². The normalized spacial score (nSPS) is 12.7. The summed E-state index contributed by atoms with van der Waals surface area (Å²) in [5.74, 6) is 2.00. The molecule has 0 spiro atoms. The highest BCUT2D eigenvalue weighted by Gasteiger charge is 2.01. The molecule has 1 unspecified atom stereocenters. The molecule has 0 fully saturated rings. The molecule has 0 aliphatic heterocycles. The number of benzene rings is 1. The molecule has 16 heavy (non-hydrogen) atoms. The first-order valence-electron chi connectivity index (χ1n) is 5.42. The molecule has 90 valence electrons. The first kappa shape index (κ1) is 13.9. The summed E-state index contributed by atoms with van der Waals surface area (Å²) in [6.45, 7) is 2.97. The third-order valence-corrected chi connectivity index (χ3v) is 4.66. The molecule has 0 radical (unpaired) electrons. The number of nitrogens with two attached hydrogens (primary N) is 1. The molecule has 0 aromatic heterocycles. The van der Waals surface area contributed by atoms with Gasteiger partial charge in [-0.25, -0.2) is 4.39 Å². The summed E-state index contributed by atoms with van der Waals surface area (Å²) in [4.78, 5) is 1.13. The molecule has 0 aliphatic rings. The third kappa shape index (κ3) is 5.77. The quantitative estimate of drug-likeness (QED) is 0.600. The highest BCUT2D eigenvalue weighted by molar-refractivity contribution is 8.03. The van der Waals surface area contributed by atoms with Gasteiger partial charge in [0.25, 0.3) is 0 Å². The van der Waals surface area contributed by atoms with E-state index in [1.165, 1.54) is 12.1 Å². The van der Waals surface area contributed by atoms with Gasteiger partial charge in [0.05, 0.1) is 0 Å². The lowest BCUT2D eigenvalue weighted by atomic mass is 10.3. The van der Waals surface area contributed by atoms with Gasteiger partial charge in [-0.1, -0.05) is 6.92 Å². The number of halogens is 1. The smallest absolute Gasteiger partial charge is 0.123 e. The van der Waals surface area contributed by atoms with Crippen molar-refractivity contribution in [1.29, 1.82) is 0 Å². The minimum atomic E-state index is -0.171. The van der Waals surface area contributed by atoms with E-state index in [9.17, 15) is 4.39 Å². The van der Waals surface area contributed by atoms with Crippen LogP contribution in [-0.2, 0) is 0 Å². The summed E-state index contributed by atoms with van der Waals surface area (Å²) in [5, 5.41) is 0.638. The van der Waals surface area contributed by atoms with E-state index in [2.05, 4.69) is 6.92 Å². The molecule has 0 saturated carbocycles. The number of hydrogen-bond donors (Lipinski definition) is 1. The van der Waals surface area contributed by atoms with Crippen LogP contribution < -0.4 is 5.73 Å². The van der Waals surface area contributed by atoms with E-state index in [1.807, 2.05) is 23.9 Å². The van der Waals surface area contributed by atoms with Gasteiger partial charge in [-0.15, -0.1) is 11.8 Å². The van der Waals surface area contributed by atoms with Crippen molar-refractivity contribution < 1.29 is 4.39 Å². The van der Waals surface area contributed by atoms with Crippen molar-refractivity contribution in [2.24, 2.45) is 5.73 Å². The Labute approximate surface area is 105 Å². The Hall–Kier alpha value is -0.190. The molecule has 1 nitrogen and oxygen atoms in total. The van der Waals surface area contributed by atoms with Crippen molar-refractivity contribution in [3.63, 3.8) is 0 Å². The average molecular weight is 259 g/mol. The summed E-state index contributed by atoms with van der Waals surface area (Å²) < 4.78 is 12.6. The highest BCUT2D eigenvalue weighted by atomic mass is 32.2. The van der Waals surface area contributed by atoms with Crippen LogP contribution in [0, 0.1) is 5.82 Å². The summed E-state index contributed by atoms with van der Waals surface area (Å²) in [6, 6.07) is 6.67. The molecule has 0 heterocycles. The van der Waals surface area contributed by atoms with E-state index in [-0.39, 0.29) is 5.82 Å². The molecule has 0 amide bonds. The lowest BCUT2D eigenvalue weighted by molar-refractivity contribution is 0.626. The van der Waals surface area contributed by atoms with Crippen LogP contribution in [0.4, 0.5) is 4.39 Å². The lowest BCUT2D eigenvalue weighted by Crippen LogP contribution is -2.07. The van der Waals surface area contributed by atoms with Crippen molar-refractivity contribution in [3.05, 3.63) is 30.1 Å². The Bertz CT molecular complexity index is 290. The molecule has 0 saturated heterocycles. The molecular weight excluding hydrogens is 241 g/mol. The number of hydrogen-bond acceptors (Lipinski definition) is 3. The second-order valence-electron chi connectivity index (χ2n) is 3.56. The van der Waals surface area contributed by atoms with Gasteiger partial charge in [-0.2, -0.15) is 11.8 Å². The van der Waals surface area contributed by atoms with Crippen LogP contribution in [0.2, 0.25) is 0 Å². The average Bonchev–Trinajstić information content (AvgIpc) is 2.27. The maximum atomic E-state index is 12.6. The van der Waals surface area contributed by atoms with Crippen molar-refractivity contribution >= 4 is 23.5 Å². The maximum Gasteiger partial charge on any atom is 0.123 e. The van der Waals surface area contributed by atoms with Crippen LogP contribution in [0.25, 0.3) is 0 Å². The topological polar surface area (TPSA) is 26.0 Å². The van der Waals surface area contributed by atoms with Crippen molar-refractivity contribution in [3.8, 4) is 0 Å². The Balaban J connectivity index is 2.13. The fourth-order valence-electron chi connectivity index (χ4n) is 1.26. The molecular formula is C12H18FNS2. The maximum absolute atomic E-state index is 12.6. The molecule has 4 heteroatoms. The largest absolute Gasteiger partial charge is 0.330 e. The number of rotatable bonds is 7. The molecule has 2 N–H and O–H groups in total. The zero-order valence-corrected chi connectivity index (χ0v) is 11.1. The Morgan fingerprint density at radius 3 is 2.56 bits per heavy atom. The third-order valence-electron chi connectivity index (χ3n) is 2.14. The Morgan fingerprint density at radius 1 is 1.25 bits per heavy atom. The molecule has 1 aromatic carbocycles. The van der Waals surface area contributed by atoms with Crippen LogP contribution in [0.5, 0.6) is 0 Å². The second-order valence-corrected chi connectivity index (χ2v) is 6.28. The molecule has 1 rings (SSSR count). The highest BCUT2D eigenvalue weighted by Crippen LogP contribution is 2.21. The fraction of sp³-hybridized carbons (Fsp3) is 0.500. The van der Waals surface area contributed by atoms with Crippen LogP contribution >= 0.6 is 23.5 Å². The van der Waals surface area contributed by atoms with Crippen LogP contribution in [0.3, 0.4) is 0 Å². The first-order valence-corrected chi connectivity index (χ1v) is 7.46. The molecule has 1 aromatic rings. The van der Waals surface area contributed by atoms with Gasteiger partial charge in [0.2, 0.25) is 0 Å². The van der Waals surface area contributed by atoms with E-state index in [0.717, 1.165) is 29.4 Å². The zero-order chi connectivity index (χ0) is 11.8. The van der Waals surface area contributed by atoms with Gasteiger partial charge in [-0.05, 0) is 37.2 Å². The minimum Gasteiger partial charge on any atom is -0.330 e. The van der Waals surface area contributed by atoms with Crippen molar-refractivity contribution in [2.75, 3.05) is 18.1 Å². The van der Waals surface area contributed by atoms with E-state index in [0.29, 0.717) is 5.25 Å². The van der Waals surface area contributed by atoms with Crippen LogP contribution in [0.1, 0.15) is 13.3 Å². The van der Waals surface area contributed by atoms with Crippen LogP contribution in [0.15, 0.2) is 29.2 Å². The van der Waals surface area contributed by atoms with Gasteiger partial charge >= 0.3 is 0 Å². The predicted octanol–water partition coefficient (Wildman–Crippen LogP) is 3.39. The Kier molecular flexibility index (Phi) is 6.92. The second kappa shape index (κ2) is 7.98. The predicted molar refractivity (Wildman–Crippen MR) is 72.7 cm³/mol. The van der Waals surface area contributed by atoms with Gasteiger partial charge in [-0.3, -0.25) is 0 Å². The van der Waals surface area contributed by atoms with E-state index < -0.39 is 0 Å². The van der Waals surface area contributed by atoms with Crippen molar-refractivity contribution in [1.82, 2.24) is 0 Å². The lowest BCUT2D eigenvalue weighted by Gasteiger charge is -2.08.